The summed E-state index contributed by atoms with van der Waals surface area (Å²) in [6, 6.07) is 15.3. The van der Waals surface area contributed by atoms with Crippen molar-refractivity contribution in [2.24, 2.45) is 0 Å². The Morgan fingerprint density at radius 1 is 1.16 bits per heavy atom. The smallest absolute Gasteiger partial charge is 0.251 e. The van der Waals surface area contributed by atoms with E-state index in [0.717, 1.165) is 41.0 Å². The SMILES string of the molecule is O=C1NCCCc2cc(OCc3coc(-c4ccccc4)n3)ccc21. The van der Waals surface area contributed by atoms with Crippen molar-refractivity contribution < 1.29 is 13.9 Å². The molecule has 0 unspecified atom stereocenters. The van der Waals surface area contributed by atoms with E-state index in [1.54, 1.807) is 6.26 Å². The number of benzene rings is 2. The molecule has 0 atom stereocenters. The molecule has 5 heteroatoms. The first-order chi connectivity index (χ1) is 12.3. The van der Waals surface area contributed by atoms with Crippen molar-refractivity contribution >= 4 is 5.91 Å². The van der Waals surface area contributed by atoms with Crippen molar-refractivity contribution in [3.05, 3.63) is 71.6 Å². The third-order valence-electron chi connectivity index (χ3n) is 4.19. The maximum atomic E-state index is 12.0. The normalized spacial score (nSPS) is 13.7. The minimum atomic E-state index is -0.0111. The fourth-order valence-corrected chi connectivity index (χ4v) is 2.91. The maximum Gasteiger partial charge on any atom is 0.251 e. The first-order valence-electron chi connectivity index (χ1n) is 8.33. The lowest BCUT2D eigenvalue weighted by atomic mass is 10.0. The highest BCUT2D eigenvalue weighted by molar-refractivity contribution is 5.96. The molecule has 1 N–H and O–H groups in total. The summed E-state index contributed by atoms with van der Waals surface area (Å²) in [6.45, 7) is 1.03. The molecular formula is C20H18N2O3. The van der Waals surface area contributed by atoms with Crippen molar-refractivity contribution in [3.8, 4) is 17.2 Å². The zero-order chi connectivity index (χ0) is 17.1. The number of amides is 1. The van der Waals surface area contributed by atoms with Crippen LogP contribution in [0.5, 0.6) is 5.75 Å². The second-order valence-corrected chi connectivity index (χ2v) is 5.98. The van der Waals surface area contributed by atoms with Crippen molar-refractivity contribution in [2.75, 3.05) is 6.54 Å². The molecule has 0 aliphatic carbocycles. The van der Waals surface area contributed by atoms with Crippen LogP contribution in [0.3, 0.4) is 0 Å². The molecule has 0 radical (unpaired) electrons. The molecule has 0 saturated heterocycles. The Morgan fingerprint density at radius 2 is 2.04 bits per heavy atom. The average molecular weight is 334 g/mol. The third-order valence-corrected chi connectivity index (χ3v) is 4.19. The van der Waals surface area contributed by atoms with Crippen LogP contribution in [0.15, 0.2) is 59.2 Å². The Morgan fingerprint density at radius 3 is 2.92 bits per heavy atom. The number of carbonyl (C=O) groups excluding carboxylic acids is 1. The van der Waals surface area contributed by atoms with Crippen LogP contribution >= 0.6 is 0 Å². The van der Waals surface area contributed by atoms with Crippen LogP contribution in [-0.2, 0) is 13.0 Å². The van der Waals surface area contributed by atoms with Crippen LogP contribution in [0, 0.1) is 0 Å². The highest BCUT2D eigenvalue weighted by atomic mass is 16.5. The summed E-state index contributed by atoms with van der Waals surface area (Å²) in [5.74, 6) is 1.30. The largest absolute Gasteiger partial charge is 0.487 e. The van der Waals surface area contributed by atoms with Crippen LogP contribution in [0.25, 0.3) is 11.5 Å². The highest BCUT2D eigenvalue weighted by Gasteiger charge is 2.15. The van der Waals surface area contributed by atoms with Gasteiger partial charge in [0.2, 0.25) is 5.89 Å². The molecule has 0 bridgehead atoms. The molecule has 5 nitrogen and oxygen atoms in total. The lowest BCUT2D eigenvalue weighted by Gasteiger charge is -2.08. The van der Waals surface area contributed by atoms with Gasteiger partial charge < -0.3 is 14.5 Å². The van der Waals surface area contributed by atoms with Crippen molar-refractivity contribution in [3.63, 3.8) is 0 Å². The number of aryl methyl sites for hydroxylation is 1. The number of ether oxygens (including phenoxy) is 1. The summed E-state index contributed by atoms with van der Waals surface area (Å²) in [6.07, 6.45) is 3.42. The van der Waals surface area contributed by atoms with E-state index in [4.69, 9.17) is 9.15 Å². The van der Waals surface area contributed by atoms with Gasteiger partial charge in [0, 0.05) is 17.7 Å². The van der Waals surface area contributed by atoms with E-state index >= 15 is 0 Å². The zero-order valence-corrected chi connectivity index (χ0v) is 13.7. The third kappa shape index (κ3) is 3.40. The Bertz CT molecular complexity index is 887. The predicted octanol–water partition coefficient (Wildman–Crippen LogP) is 3.60. The lowest BCUT2D eigenvalue weighted by Crippen LogP contribution is -2.22. The van der Waals surface area contributed by atoms with E-state index in [2.05, 4.69) is 10.3 Å². The Balaban J connectivity index is 1.46. The van der Waals surface area contributed by atoms with Gasteiger partial charge in [-0.25, -0.2) is 4.98 Å². The fraction of sp³-hybridized carbons (Fsp3) is 0.200. The molecule has 0 spiro atoms. The highest BCUT2D eigenvalue weighted by Crippen LogP contribution is 2.23. The Labute approximate surface area is 145 Å². The zero-order valence-electron chi connectivity index (χ0n) is 13.7. The topological polar surface area (TPSA) is 64.4 Å². The average Bonchev–Trinajstić information content (AvgIpc) is 3.05. The summed E-state index contributed by atoms with van der Waals surface area (Å²) < 4.78 is 11.3. The predicted molar refractivity (Wildman–Crippen MR) is 93.4 cm³/mol. The molecule has 25 heavy (non-hydrogen) atoms. The molecule has 2 heterocycles. The minimum absolute atomic E-state index is 0.0111. The van der Waals surface area contributed by atoms with E-state index in [-0.39, 0.29) is 5.91 Å². The van der Waals surface area contributed by atoms with Gasteiger partial charge in [-0.15, -0.1) is 0 Å². The summed E-state index contributed by atoms with van der Waals surface area (Å²) in [4.78, 5) is 16.4. The first-order valence-corrected chi connectivity index (χ1v) is 8.33. The maximum absolute atomic E-state index is 12.0. The van der Waals surface area contributed by atoms with Crippen LogP contribution in [-0.4, -0.2) is 17.4 Å². The van der Waals surface area contributed by atoms with Gasteiger partial charge in [-0.2, -0.15) is 0 Å². The molecule has 3 aromatic rings. The van der Waals surface area contributed by atoms with Crippen LogP contribution in [0.4, 0.5) is 0 Å². The number of hydrogen-bond acceptors (Lipinski definition) is 4. The van der Waals surface area contributed by atoms with Gasteiger partial charge in [0.1, 0.15) is 24.3 Å². The van der Waals surface area contributed by atoms with E-state index < -0.39 is 0 Å². The first kappa shape index (κ1) is 15.4. The molecule has 4 rings (SSSR count). The Hall–Kier alpha value is -3.08. The number of aromatic nitrogens is 1. The van der Waals surface area contributed by atoms with E-state index in [1.807, 2.05) is 48.5 Å². The standard InChI is InChI=1S/C20H18N2O3/c23-19-18-9-8-17(11-15(18)7-4-10-21-19)24-12-16-13-25-20(22-16)14-5-2-1-3-6-14/h1-3,5-6,8-9,11,13H,4,7,10,12H2,(H,21,23). The summed E-state index contributed by atoms with van der Waals surface area (Å²) in [5.41, 5.74) is 3.42. The second-order valence-electron chi connectivity index (χ2n) is 5.98. The number of rotatable bonds is 4. The van der Waals surface area contributed by atoms with Crippen molar-refractivity contribution in [2.45, 2.75) is 19.4 Å². The van der Waals surface area contributed by atoms with Crippen molar-refractivity contribution in [1.29, 1.82) is 0 Å². The number of nitrogens with one attached hydrogen (secondary N) is 1. The lowest BCUT2D eigenvalue weighted by molar-refractivity contribution is 0.0956. The monoisotopic (exact) mass is 334 g/mol. The molecule has 0 fully saturated rings. The van der Waals surface area contributed by atoms with Crippen LogP contribution in [0.1, 0.15) is 28.0 Å². The molecule has 2 aromatic carbocycles. The molecule has 1 aliphatic rings. The van der Waals surface area contributed by atoms with E-state index in [1.165, 1.54) is 0 Å². The number of fused-ring (bicyclic) bond motifs is 1. The molecule has 1 amide bonds. The summed E-state index contributed by atoms with van der Waals surface area (Å²) in [7, 11) is 0. The summed E-state index contributed by atoms with van der Waals surface area (Å²) >= 11 is 0. The second kappa shape index (κ2) is 6.81. The minimum Gasteiger partial charge on any atom is -0.487 e. The number of carbonyl (C=O) groups is 1. The Kier molecular flexibility index (Phi) is 4.21. The molecular weight excluding hydrogens is 316 g/mol. The number of hydrogen-bond donors (Lipinski definition) is 1. The van der Waals surface area contributed by atoms with Gasteiger partial charge in [0.05, 0.1) is 0 Å². The number of nitrogens with zero attached hydrogens (tertiary/aromatic N) is 1. The molecule has 126 valence electrons. The fourth-order valence-electron chi connectivity index (χ4n) is 2.91. The van der Waals surface area contributed by atoms with E-state index in [0.29, 0.717) is 19.0 Å². The van der Waals surface area contributed by atoms with Gasteiger partial charge in [0.25, 0.3) is 5.91 Å². The molecule has 1 aromatic heterocycles. The van der Waals surface area contributed by atoms with Crippen LogP contribution in [0.2, 0.25) is 0 Å². The molecule has 0 saturated carbocycles. The van der Waals surface area contributed by atoms with Gasteiger partial charge in [0.15, 0.2) is 0 Å². The van der Waals surface area contributed by atoms with Crippen LogP contribution < -0.4 is 10.1 Å². The van der Waals surface area contributed by atoms with E-state index in [9.17, 15) is 4.79 Å². The van der Waals surface area contributed by atoms with Gasteiger partial charge >= 0.3 is 0 Å². The number of oxazole rings is 1. The quantitative estimate of drug-likeness (QED) is 0.792. The molecule has 1 aliphatic heterocycles. The van der Waals surface area contributed by atoms with Gasteiger partial charge in [-0.1, -0.05) is 18.2 Å². The summed E-state index contributed by atoms with van der Waals surface area (Å²) in [5, 5.41) is 2.89. The van der Waals surface area contributed by atoms with Crippen molar-refractivity contribution in [1.82, 2.24) is 10.3 Å². The van der Waals surface area contributed by atoms with Gasteiger partial charge in [-0.05, 0) is 48.7 Å². The van der Waals surface area contributed by atoms with Gasteiger partial charge in [-0.3, -0.25) is 4.79 Å².